The topological polar surface area (TPSA) is 47.3 Å². The summed E-state index contributed by atoms with van der Waals surface area (Å²) in [7, 11) is 0. The Morgan fingerprint density at radius 2 is 2.12 bits per heavy atom. The Hall–Kier alpha value is -1.06. The van der Waals surface area contributed by atoms with E-state index in [4.69, 9.17) is 10.6 Å². The van der Waals surface area contributed by atoms with Gasteiger partial charge in [-0.3, -0.25) is 11.3 Å². The van der Waals surface area contributed by atoms with Gasteiger partial charge < -0.3 is 4.74 Å². The summed E-state index contributed by atoms with van der Waals surface area (Å²) in [6.07, 6.45) is 2.28. The number of hydrogen-bond acceptors (Lipinski definition) is 3. The summed E-state index contributed by atoms with van der Waals surface area (Å²) in [6.45, 7) is 5.23. The second kappa shape index (κ2) is 5.52. The second-order valence-electron chi connectivity index (χ2n) is 5.20. The molecule has 0 amide bonds. The molecule has 0 saturated carbocycles. The Labute approximate surface area is 103 Å². The van der Waals surface area contributed by atoms with Gasteiger partial charge in [0.25, 0.3) is 0 Å². The third kappa shape index (κ3) is 2.79. The van der Waals surface area contributed by atoms with Crippen molar-refractivity contribution in [2.45, 2.75) is 38.6 Å². The average Bonchev–Trinajstić information content (AvgIpc) is 2.74. The number of nitrogens with one attached hydrogen (secondary N) is 1. The van der Waals surface area contributed by atoms with E-state index in [1.165, 1.54) is 12.0 Å². The summed E-state index contributed by atoms with van der Waals surface area (Å²) in [5.74, 6) is 7.80. The lowest BCUT2D eigenvalue weighted by Crippen LogP contribution is -2.40. The van der Waals surface area contributed by atoms with Gasteiger partial charge in [-0.25, -0.2) is 0 Å². The first kappa shape index (κ1) is 12.4. The van der Waals surface area contributed by atoms with Crippen molar-refractivity contribution >= 4 is 0 Å². The summed E-state index contributed by atoms with van der Waals surface area (Å²) in [5, 5.41) is 0. The van der Waals surface area contributed by atoms with Crippen molar-refractivity contribution < 1.29 is 4.74 Å². The minimum Gasteiger partial charge on any atom is -0.493 e. The van der Waals surface area contributed by atoms with Crippen LogP contribution in [0.3, 0.4) is 0 Å². The van der Waals surface area contributed by atoms with Crippen molar-refractivity contribution in [2.24, 2.45) is 11.8 Å². The van der Waals surface area contributed by atoms with E-state index in [2.05, 4.69) is 31.4 Å². The molecule has 0 saturated heterocycles. The molecule has 0 spiro atoms. The molecule has 2 unspecified atom stereocenters. The van der Waals surface area contributed by atoms with Gasteiger partial charge in [-0.1, -0.05) is 32.0 Å². The lowest BCUT2D eigenvalue weighted by atomic mass is 9.89. The SMILES string of the molecule is CC(C)CCC(NN)C1COc2ccccc21. The summed E-state index contributed by atoms with van der Waals surface area (Å²) in [5.41, 5.74) is 4.25. The van der Waals surface area contributed by atoms with Crippen molar-refractivity contribution in [3.63, 3.8) is 0 Å². The third-order valence-electron chi connectivity index (χ3n) is 3.49. The van der Waals surface area contributed by atoms with Gasteiger partial charge in [0.15, 0.2) is 0 Å². The van der Waals surface area contributed by atoms with Gasteiger partial charge in [0.2, 0.25) is 0 Å². The zero-order chi connectivity index (χ0) is 12.3. The Kier molecular flexibility index (Phi) is 4.02. The van der Waals surface area contributed by atoms with Crippen molar-refractivity contribution in [1.82, 2.24) is 5.43 Å². The number of nitrogens with two attached hydrogens (primary N) is 1. The molecule has 1 aliphatic rings. The second-order valence-corrected chi connectivity index (χ2v) is 5.20. The van der Waals surface area contributed by atoms with E-state index in [0.717, 1.165) is 18.8 Å². The van der Waals surface area contributed by atoms with Crippen LogP contribution in [0, 0.1) is 5.92 Å². The van der Waals surface area contributed by atoms with Crippen LogP contribution in [-0.2, 0) is 0 Å². The molecule has 3 heteroatoms. The van der Waals surface area contributed by atoms with Crippen molar-refractivity contribution in [3.8, 4) is 5.75 Å². The van der Waals surface area contributed by atoms with E-state index >= 15 is 0 Å². The molecule has 0 radical (unpaired) electrons. The van der Waals surface area contributed by atoms with Crippen LogP contribution in [-0.4, -0.2) is 12.6 Å². The van der Waals surface area contributed by atoms with Gasteiger partial charge in [0.05, 0.1) is 6.61 Å². The normalized spacial score (nSPS) is 20.1. The average molecular weight is 234 g/mol. The fourth-order valence-corrected chi connectivity index (χ4v) is 2.43. The maximum Gasteiger partial charge on any atom is 0.122 e. The van der Waals surface area contributed by atoms with Crippen LogP contribution < -0.4 is 16.0 Å². The quantitative estimate of drug-likeness (QED) is 0.607. The summed E-state index contributed by atoms with van der Waals surface area (Å²) >= 11 is 0. The molecule has 3 N–H and O–H groups in total. The van der Waals surface area contributed by atoms with Crippen LogP contribution in [0.1, 0.15) is 38.2 Å². The molecule has 2 rings (SSSR count). The zero-order valence-corrected chi connectivity index (χ0v) is 10.6. The first-order valence-electron chi connectivity index (χ1n) is 6.40. The smallest absolute Gasteiger partial charge is 0.122 e. The molecule has 0 aliphatic carbocycles. The molecule has 1 aromatic carbocycles. The molecule has 1 heterocycles. The summed E-state index contributed by atoms with van der Waals surface area (Å²) < 4.78 is 5.71. The van der Waals surface area contributed by atoms with Crippen LogP contribution in [0.4, 0.5) is 0 Å². The number of hydrogen-bond donors (Lipinski definition) is 2. The molecule has 3 nitrogen and oxygen atoms in total. The van der Waals surface area contributed by atoms with Crippen LogP contribution in [0.15, 0.2) is 24.3 Å². The van der Waals surface area contributed by atoms with E-state index in [1.807, 2.05) is 12.1 Å². The molecule has 0 fully saturated rings. The lowest BCUT2D eigenvalue weighted by Gasteiger charge is -2.22. The van der Waals surface area contributed by atoms with Gasteiger partial charge in [-0.2, -0.15) is 0 Å². The fraction of sp³-hybridized carbons (Fsp3) is 0.571. The van der Waals surface area contributed by atoms with Gasteiger partial charge in [-0.05, 0) is 24.8 Å². The molecule has 0 aromatic heterocycles. The molecular formula is C14H22N2O. The first-order chi connectivity index (χ1) is 8.22. The number of benzene rings is 1. The van der Waals surface area contributed by atoms with Crippen LogP contribution in [0.5, 0.6) is 5.75 Å². The largest absolute Gasteiger partial charge is 0.493 e. The molecule has 0 bridgehead atoms. The van der Waals surface area contributed by atoms with Crippen molar-refractivity contribution in [2.75, 3.05) is 6.61 Å². The highest BCUT2D eigenvalue weighted by atomic mass is 16.5. The van der Waals surface area contributed by atoms with Crippen LogP contribution >= 0.6 is 0 Å². The maximum absolute atomic E-state index is 5.71. The molecule has 1 aromatic rings. The monoisotopic (exact) mass is 234 g/mol. The number of fused-ring (bicyclic) bond motifs is 1. The lowest BCUT2D eigenvalue weighted by molar-refractivity contribution is 0.286. The highest BCUT2D eigenvalue weighted by Gasteiger charge is 2.30. The standard InChI is InChI=1S/C14H22N2O/c1-10(2)7-8-13(16-15)12-9-17-14-6-4-3-5-11(12)14/h3-6,10,12-13,16H,7-9,15H2,1-2H3. The fourth-order valence-electron chi connectivity index (χ4n) is 2.43. The van der Waals surface area contributed by atoms with E-state index in [-0.39, 0.29) is 0 Å². The predicted molar refractivity (Wildman–Crippen MR) is 69.9 cm³/mol. The summed E-state index contributed by atoms with van der Waals surface area (Å²) in [4.78, 5) is 0. The highest BCUT2D eigenvalue weighted by molar-refractivity contribution is 5.40. The molecule has 17 heavy (non-hydrogen) atoms. The number of para-hydroxylation sites is 1. The van der Waals surface area contributed by atoms with Crippen molar-refractivity contribution in [1.29, 1.82) is 0 Å². The first-order valence-corrected chi connectivity index (χ1v) is 6.40. The van der Waals surface area contributed by atoms with E-state index in [1.54, 1.807) is 0 Å². The number of rotatable bonds is 5. The van der Waals surface area contributed by atoms with E-state index < -0.39 is 0 Å². The molecular weight excluding hydrogens is 212 g/mol. The predicted octanol–water partition coefficient (Wildman–Crippen LogP) is 2.43. The minimum absolute atomic E-state index is 0.307. The molecule has 1 aliphatic heterocycles. The van der Waals surface area contributed by atoms with Crippen LogP contribution in [0.25, 0.3) is 0 Å². The Bertz CT molecular complexity index is 365. The highest BCUT2D eigenvalue weighted by Crippen LogP contribution is 2.36. The van der Waals surface area contributed by atoms with Crippen molar-refractivity contribution in [3.05, 3.63) is 29.8 Å². The van der Waals surface area contributed by atoms with Gasteiger partial charge >= 0.3 is 0 Å². The minimum atomic E-state index is 0.307. The maximum atomic E-state index is 5.71. The van der Waals surface area contributed by atoms with Crippen LogP contribution in [0.2, 0.25) is 0 Å². The van der Waals surface area contributed by atoms with E-state index in [9.17, 15) is 0 Å². The number of ether oxygens (including phenoxy) is 1. The molecule has 94 valence electrons. The molecule has 2 atom stereocenters. The Morgan fingerprint density at radius 3 is 2.82 bits per heavy atom. The Balaban J connectivity index is 2.06. The van der Waals surface area contributed by atoms with E-state index in [0.29, 0.717) is 17.9 Å². The summed E-state index contributed by atoms with van der Waals surface area (Å²) in [6, 6.07) is 8.57. The third-order valence-corrected chi connectivity index (χ3v) is 3.49. The van der Waals surface area contributed by atoms with Gasteiger partial charge in [0.1, 0.15) is 5.75 Å². The zero-order valence-electron chi connectivity index (χ0n) is 10.6. The van der Waals surface area contributed by atoms with Gasteiger partial charge in [-0.15, -0.1) is 0 Å². The number of hydrazine groups is 1. The van der Waals surface area contributed by atoms with Gasteiger partial charge in [0, 0.05) is 17.5 Å². The Morgan fingerprint density at radius 1 is 1.35 bits per heavy atom.